The van der Waals surface area contributed by atoms with E-state index in [1.807, 2.05) is 6.92 Å². The Labute approximate surface area is 70.2 Å². The van der Waals surface area contributed by atoms with Gasteiger partial charge in [-0.25, -0.2) is 4.57 Å². The molecule has 0 heterocycles. The maximum Gasteiger partial charge on any atom is 0.470 e. The van der Waals surface area contributed by atoms with Crippen LogP contribution in [0.4, 0.5) is 0 Å². The SMILES string of the molecule is CCCNC(=O)COP(=O)(O)O. The van der Waals surface area contributed by atoms with Gasteiger partial charge in [0.15, 0.2) is 0 Å². The Bertz CT molecular complexity index is 188. The molecular formula is C5H12NO5P. The lowest BCUT2D eigenvalue weighted by molar-refractivity contribution is -0.123. The summed E-state index contributed by atoms with van der Waals surface area (Å²) in [7, 11) is -4.51. The van der Waals surface area contributed by atoms with Crippen molar-refractivity contribution in [3.8, 4) is 0 Å². The molecule has 0 saturated carbocycles. The average molecular weight is 197 g/mol. The number of phosphoric acid groups is 1. The zero-order valence-electron chi connectivity index (χ0n) is 6.69. The summed E-state index contributed by atoms with van der Waals surface area (Å²) in [5, 5.41) is 2.40. The van der Waals surface area contributed by atoms with Crippen LogP contribution in [0.25, 0.3) is 0 Å². The fraction of sp³-hybridized carbons (Fsp3) is 0.800. The highest BCUT2D eigenvalue weighted by atomic mass is 31.2. The standard InChI is InChI=1S/C5H12NO5P/c1-2-3-6-5(7)4-11-12(8,9)10/h2-4H2,1H3,(H,6,7)(H2,8,9,10). The van der Waals surface area contributed by atoms with Gasteiger partial charge in [-0.3, -0.25) is 9.32 Å². The first kappa shape index (κ1) is 11.6. The Morgan fingerprint density at radius 3 is 2.58 bits per heavy atom. The Balaban J connectivity index is 3.51. The van der Waals surface area contributed by atoms with Crippen molar-refractivity contribution in [2.45, 2.75) is 13.3 Å². The molecule has 0 aromatic carbocycles. The molecule has 0 fully saturated rings. The Hall–Kier alpha value is -0.420. The molecule has 0 rings (SSSR count). The predicted octanol–water partition coefficient (Wildman–Crippen LogP) is -0.378. The molecule has 0 radical (unpaired) electrons. The molecule has 0 aromatic rings. The fourth-order valence-corrected chi connectivity index (χ4v) is 0.744. The van der Waals surface area contributed by atoms with E-state index in [0.717, 1.165) is 6.42 Å². The number of rotatable bonds is 5. The Morgan fingerprint density at radius 1 is 1.58 bits per heavy atom. The second kappa shape index (κ2) is 5.27. The first-order valence-electron chi connectivity index (χ1n) is 3.42. The molecule has 1 amide bonds. The van der Waals surface area contributed by atoms with Crippen molar-refractivity contribution in [2.24, 2.45) is 0 Å². The molecule has 72 valence electrons. The molecule has 0 aliphatic heterocycles. The van der Waals surface area contributed by atoms with Crippen molar-refractivity contribution in [1.82, 2.24) is 5.32 Å². The third-order valence-electron chi connectivity index (χ3n) is 0.936. The van der Waals surface area contributed by atoms with Gasteiger partial charge in [-0.05, 0) is 6.42 Å². The van der Waals surface area contributed by atoms with Crippen LogP contribution >= 0.6 is 7.82 Å². The van der Waals surface area contributed by atoms with Crippen LogP contribution in [0.1, 0.15) is 13.3 Å². The number of amides is 1. The molecule has 0 aliphatic carbocycles. The molecule has 7 heteroatoms. The molecular weight excluding hydrogens is 185 g/mol. The summed E-state index contributed by atoms with van der Waals surface area (Å²) in [6.45, 7) is 1.73. The van der Waals surface area contributed by atoms with Crippen LogP contribution < -0.4 is 5.32 Å². The van der Waals surface area contributed by atoms with E-state index in [4.69, 9.17) is 9.79 Å². The molecule has 0 aromatic heterocycles. The van der Waals surface area contributed by atoms with Crippen LogP contribution in [0.3, 0.4) is 0 Å². The van der Waals surface area contributed by atoms with Crippen molar-refractivity contribution in [3.63, 3.8) is 0 Å². The van der Waals surface area contributed by atoms with E-state index in [2.05, 4.69) is 9.84 Å². The number of hydrogen-bond acceptors (Lipinski definition) is 3. The van der Waals surface area contributed by atoms with Gasteiger partial charge in [0.2, 0.25) is 5.91 Å². The van der Waals surface area contributed by atoms with Crippen molar-refractivity contribution >= 4 is 13.7 Å². The monoisotopic (exact) mass is 197 g/mol. The number of nitrogens with one attached hydrogen (secondary N) is 1. The molecule has 0 unspecified atom stereocenters. The van der Waals surface area contributed by atoms with Crippen molar-refractivity contribution in [3.05, 3.63) is 0 Å². The first-order valence-corrected chi connectivity index (χ1v) is 4.95. The van der Waals surface area contributed by atoms with Gasteiger partial charge in [-0.2, -0.15) is 0 Å². The maximum absolute atomic E-state index is 10.7. The normalized spacial score (nSPS) is 11.2. The van der Waals surface area contributed by atoms with Gasteiger partial charge in [0.05, 0.1) is 0 Å². The molecule has 6 nitrogen and oxygen atoms in total. The summed E-state index contributed by atoms with van der Waals surface area (Å²) >= 11 is 0. The van der Waals surface area contributed by atoms with Gasteiger partial charge in [0.1, 0.15) is 6.61 Å². The van der Waals surface area contributed by atoms with E-state index in [0.29, 0.717) is 6.54 Å². The van der Waals surface area contributed by atoms with Crippen molar-refractivity contribution in [2.75, 3.05) is 13.2 Å². The third kappa shape index (κ3) is 7.68. The van der Waals surface area contributed by atoms with Gasteiger partial charge >= 0.3 is 7.82 Å². The number of carbonyl (C=O) groups is 1. The molecule has 0 bridgehead atoms. The zero-order valence-corrected chi connectivity index (χ0v) is 7.58. The number of phosphoric ester groups is 1. The van der Waals surface area contributed by atoms with E-state index in [1.165, 1.54) is 0 Å². The molecule has 0 atom stereocenters. The fourth-order valence-electron chi connectivity index (χ4n) is 0.458. The molecule has 12 heavy (non-hydrogen) atoms. The first-order chi connectivity index (χ1) is 5.45. The quantitative estimate of drug-likeness (QED) is 0.522. The summed E-state index contributed by atoms with van der Waals surface area (Å²) in [6.07, 6.45) is 0.766. The second-order valence-corrected chi connectivity index (χ2v) is 3.35. The predicted molar refractivity (Wildman–Crippen MR) is 41.3 cm³/mol. The Kier molecular flexibility index (Phi) is 5.08. The van der Waals surface area contributed by atoms with Crippen LogP contribution in [-0.4, -0.2) is 28.8 Å². The third-order valence-corrected chi connectivity index (χ3v) is 1.40. The maximum atomic E-state index is 10.7. The minimum Gasteiger partial charge on any atom is -0.354 e. The largest absolute Gasteiger partial charge is 0.470 e. The van der Waals surface area contributed by atoms with Crippen LogP contribution in [0.2, 0.25) is 0 Å². The summed E-state index contributed by atoms with van der Waals surface area (Å²) < 4.78 is 14.0. The number of hydrogen-bond donors (Lipinski definition) is 3. The van der Waals surface area contributed by atoms with Gasteiger partial charge < -0.3 is 15.1 Å². The van der Waals surface area contributed by atoms with Gasteiger partial charge in [-0.1, -0.05) is 6.92 Å². The van der Waals surface area contributed by atoms with Crippen LogP contribution in [0.15, 0.2) is 0 Å². The topological polar surface area (TPSA) is 95.9 Å². The highest BCUT2D eigenvalue weighted by Gasteiger charge is 2.15. The van der Waals surface area contributed by atoms with Gasteiger partial charge in [-0.15, -0.1) is 0 Å². The van der Waals surface area contributed by atoms with E-state index in [1.54, 1.807) is 0 Å². The lowest BCUT2D eigenvalue weighted by atomic mass is 10.5. The number of carbonyl (C=O) groups excluding carboxylic acids is 1. The lowest BCUT2D eigenvalue weighted by Crippen LogP contribution is -2.27. The summed E-state index contributed by atoms with van der Waals surface area (Å²) in [5.74, 6) is -0.528. The van der Waals surface area contributed by atoms with E-state index in [-0.39, 0.29) is 0 Å². The highest BCUT2D eigenvalue weighted by molar-refractivity contribution is 7.46. The zero-order chi connectivity index (χ0) is 9.61. The minimum absolute atomic E-state index is 0.476. The van der Waals surface area contributed by atoms with Gasteiger partial charge in [0.25, 0.3) is 0 Å². The molecule has 0 aliphatic rings. The smallest absolute Gasteiger partial charge is 0.354 e. The van der Waals surface area contributed by atoms with E-state index >= 15 is 0 Å². The average Bonchev–Trinajstić information content (AvgIpc) is 1.95. The summed E-state index contributed by atoms with van der Waals surface area (Å²) in [4.78, 5) is 27.1. The summed E-state index contributed by atoms with van der Waals surface area (Å²) in [6, 6.07) is 0. The second-order valence-electron chi connectivity index (χ2n) is 2.11. The lowest BCUT2D eigenvalue weighted by Gasteiger charge is -2.05. The van der Waals surface area contributed by atoms with Crippen LogP contribution in [0, 0.1) is 0 Å². The van der Waals surface area contributed by atoms with Gasteiger partial charge in [0, 0.05) is 6.54 Å². The van der Waals surface area contributed by atoms with Crippen molar-refractivity contribution in [1.29, 1.82) is 0 Å². The van der Waals surface area contributed by atoms with Crippen molar-refractivity contribution < 1.29 is 23.7 Å². The van der Waals surface area contributed by atoms with Crippen LogP contribution in [0.5, 0.6) is 0 Å². The van der Waals surface area contributed by atoms with Crippen LogP contribution in [-0.2, 0) is 13.9 Å². The summed E-state index contributed by atoms with van der Waals surface area (Å²) in [5.41, 5.74) is 0. The molecule has 3 N–H and O–H groups in total. The molecule has 0 spiro atoms. The minimum atomic E-state index is -4.51. The molecule has 0 saturated heterocycles. The van der Waals surface area contributed by atoms with E-state index < -0.39 is 20.3 Å². The highest BCUT2D eigenvalue weighted by Crippen LogP contribution is 2.35. The van der Waals surface area contributed by atoms with E-state index in [9.17, 15) is 9.36 Å². The Morgan fingerprint density at radius 2 is 2.17 bits per heavy atom.